The first-order valence-corrected chi connectivity index (χ1v) is 6.30. The van der Waals surface area contributed by atoms with Crippen molar-refractivity contribution in [3.63, 3.8) is 0 Å². The van der Waals surface area contributed by atoms with E-state index in [4.69, 9.17) is 0 Å². The van der Waals surface area contributed by atoms with Gasteiger partial charge in [-0.3, -0.25) is 0 Å². The molecule has 0 unspecified atom stereocenters. The lowest BCUT2D eigenvalue weighted by Crippen LogP contribution is -1.98. The SMILES string of the molecule is Cc1nc2ccccc2n1CC#Cc1ccccc1. The average Bonchev–Trinajstić information content (AvgIpc) is 2.76. The topological polar surface area (TPSA) is 17.8 Å². The summed E-state index contributed by atoms with van der Waals surface area (Å²) >= 11 is 0. The molecule has 0 bridgehead atoms. The lowest BCUT2D eigenvalue weighted by Gasteiger charge is -2.00. The minimum atomic E-state index is 0.668. The number of aromatic nitrogens is 2. The molecular formula is C17H14N2. The Hall–Kier alpha value is -2.53. The lowest BCUT2D eigenvalue weighted by molar-refractivity contribution is 0.823. The van der Waals surface area contributed by atoms with E-state index in [0.717, 1.165) is 22.4 Å². The number of hydrogen-bond donors (Lipinski definition) is 0. The van der Waals surface area contributed by atoms with Crippen LogP contribution in [0.4, 0.5) is 0 Å². The maximum atomic E-state index is 4.53. The van der Waals surface area contributed by atoms with Crippen molar-refractivity contribution >= 4 is 11.0 Å². The molecule has 0 amide bonds. The average molecular weight is 246 g/mol. The van der Waals surface area contributed by atoms with E-state index in [2.05, 4.69) is 27.5 Å². The molecule has 2 nitrogen and oxygen atoms in total. The third-order valence-electron chi connectivity index (χ3n) is 3.09. The summed E-state index contributed by atoms with van der Waals surface area (Å²) in [7, 11) is 0. The molecule has 19 heavy (non-hydrogen) atoms. The van der Waals surface area contributed by atoms with E-state index in [1.54, 1.807) is 0 Å². The van der Waals surface area contributed by atoms with Crippen LogP contribution in [-0.4, -0.2) is 9.55 Å². The molecule has 1 aromatic heterocycles. The fourth-order valence-electron chi connectivity index (χ4n) is 2.14. The Balaban J connectivity index is 1.91. The minimum Gasteiger partial charge on any atom is -0.316 e. The van der Waals surface area contributed by atoms with E-state index in [1.165, 1.54) is 0 Å². The van der Waals surface area contributed by atoms with Crippen molar-refractivity contribution in [3.05, 3.63) is 66.0 Å². The molecule has 0 fully saturated rings. The molecule has 0 aliphatic heterocycles. The monoisotopic (exact) mass is 246 g/mol. The molecule has 2 heteroatoms. The normalized spacial score (nSPS) is 10.2. The van der Waals surface area contributed by atoms with Gasteiger partial charge in [-0.05, 0) is 31.2 Å². The highest BCUT2D eigenvalue weighted by atomic mass is 15.1. The number of hydrogen-bond acceptors (Lipinski definition) is 1. The highest BCUT2D eigenvalue weighted by Gasteiger charge is 2.04. The van der Waals surface area contributed by atoms with Crippen LogP contribution in [0, 0.1) is 18.8 Å². The van der Waals surface area contributed by atoms with E-state index in [9.17, 15) is 0 Å². The zero-order valence-corrected chi connectivity index (χ0v) is 10.8. The van der Waals surface area contributed by atoms with E-state index in [1.807, 2.05) is 55.5 Å². The van der Waals surface area contributed by atoms with Crippen LogP contribution in [-0.2, 0) is 6.54 Å². The Morgan fingerprint density at radius 3 is 2.58 bits per heavy atom. The number of para-hydroxylation sites is 2. The van der Waals surface area contributed by atoms with Gasteiger partial charge in [-0.1, -0.05) is 42.2 Å². The summed E-state index contributed by atoms with van der Waals surface area (Å²) in [5.41, 5.74) is 3.22. The molecule has 0 atom stereocenters. The first kappa shape index (κ1) is 11.6. The molecule has 0 radical (unpaired) electrons. The summed E-state index contributed by atoms with van der Waals surface area (Å²) in [6, 6.07) is 18.2. The molecule has 0 N–H and O–H groups in total. The zero-order valence-electron chi connectivity index (χ0n) is 10.8. The van der Waals surface area contributed by atoms with Crippen molar-refractivity contribution in [1.82, 2.24) is 9.55 Å². The fourth-order valence-corrected chi connectivity index (χ4v) is 2.14. The van der Waals surface area contributed by atoms with Crippen molar-refractivity contribution < 1.29 is 0 Å². The standard InChI is InChI=1S/C17H14N2/c1-14-18-16-11-5-6-12-17(16)19(14)13-7-10-15-8-3-2-4-9-15/h2-6,8-9,11-12H,13H2,1H3. The number of rotatable bonds is 1. The first-order chi connectivity index (χ1) is 9.34. The van der Waals surface area contributed by atoms with Gasteiger partial charge in [0.15, 0.2) is 0 Å². The molecule has 0 saturated carbocycles. The summed E-state index contributed by atoms with van der Waals surface area (Å²) in [5, 5.41) is 0. The Morgan fingerprint density at radius 1 is 1.00 bits per heavy atom. The molecule has 0 aliphatic carbocycles. The maximum Gasteiger partial charge on any atom is 0.107 e. The minimum absolute atomic E-state index is 0.668. The third-order valence-corrected chi connectivity index (χ3v) is 3.09. The van der Waals surface area contributed by atoms with Gasteiger partial charge < -0.3 is 4.57 Å². The van der Waals surface area contributed by atoms with Crippen LogP contribution in [0.1, 0.15) is 11.4 Å². The first-order valence-electron chi connectivity index (χ1n) is 6.30. The molecule has 2 aromatic carbocycles. The van der Waals surface area contributed by atoms with Gasteiger partial charge >= 0.3 is 0 Å². The largest absolute Gasteiger partial charge is 0.316 e. The van der Waals surface area contributed by atoms with Gasteiger partial charge in [0, 0.05) is 5.56 Å². The number of nitrogens with zero attached hydrogens (tertiary/aromatic N) is 2. The second kappa shape index (κ2) is 4.99. The van der Waals surface area contributed by atoms with E-state index in [-0.39, 0.29) is 0 Å². The molecule has 0 aliphatic rings. The maximum absolute atomic E-state index is 4.53. The van der Waals surface area contributed by atoms with Gasteiger partial charge in [-0.2, -0.15) is 0 Å². The van der Waals surface area contributed by atoms with Crippen molar-refractivity contribution in [2.75, 3.05) is 0 Å². The van der Waals surface area contributed by atoms with Crippen LogP contribution in [0.25, 0.3) is 11.0 Å². The molecule has 92 valence electrons. The van der Waals surface area contributed by atoms with Crippen LogP contribution in [0.15, 0.2) is 54.6 Å². The van der Waals surface area contributed by atoms with Crippen molar-refractivity contribution in [3.8, 4) is 11.8 Å². The Labute approximate surface area is 112 Å². The zero-order chi connectivity index (χ0) is 13.1. The summed E-state index contributed by atoms with van der Waals surface area (Å²) in [5.74, 6) is 7.39. The molecular weight excluding hydrogens is 232 g/mol. The smallest absolute Gasteiger partial charge is 0.107 e. The Kier molecular flexibility index (Phi) is 3.04. The number of benzene rings is 2. The summed E-state index contributed by atoms with van der Waals surface area (Å²) in [6.45, 7) is 2.69. The van der Waals surface area contributed by atoms with E-state index >= 15 is 0 Å². The van der Waals surface area contributed by atoms with Crippen molar-refractivity contribution in [2.45, 2.75) is 13.5 Å². The lowest BCUT2D eigenvalue weighted by atomic mass is 10.2. The Bertz CT molecular complexity index is 758. The number of imidazole rings is 1. The highest BCUT2D eigenvalue weighted by molar-refractivity contribution is 5.75. The molecule has 0 spiro atoms. The van der Waals surface area contributed by atoms with Crippen LogP contribution in [0.2, 0.25) is 0 Å². The molecule has 1 heterocycles. The number of aryl methyl sites for hydroxylation is 1. The van der Waals surface area contributed by atoms with E-state index in [0.29, 0.717) is 6.54 Å². The van der Waals surface area contributed by atoms with Crippen LogP contribution >= 0.6 is 0 Å². The highest BCUT2D eigenvalue weighted by Crippen LogP contribution is 2.14. The predicted molar refractivity (Wildman–Crippen MR) is 77.8 cm³/mol. The van der Waals surface area contributed by atoms with Gasteiger partial charge in [0.05, 0.1) is 17.6 Å². The van der Waals surface area contributed by atoms with Gasteiger partial charge in [-0.25, -0.2) is 4.98 Å². The fraction of sp³-hybridized carbons (Fsp3) is 0.118. The predicted octanol–water partition coefficient (Wildman–Crippen LogP) is 3.40. The second-order valence-corrected chi connectivity index (χ2v) is 4.40. The third kappa shape index (κ3) is 2.36. The summed E-state index contributed by atoms with van der Waals surface area (Å²) < 4.78 is 2.14. The van der Waals surface area contributed by atoms with Crippen LogP contribution in [0.5, 0.6) is 0 Å². The van der Waals surface area contributed by atoms with Crippen LogP contribution in [0.3, 0.4) is 0 Å². The molecule has 3 aromatic rings. The second-order valence-electron chi connectivity index (χ2n) is 4.40. The van der Waals surface area contributed by atoms with Gasteiger partial charge in [0.25, 0.3) is 0 Å². The number of fused-ring (bicyclic) bond motifs is 1. The van der Waals surface area contributed by atoms with Crippen molar-refractivity contribution in [2.24, 2.45) is 0 Å². The molecule has 3 rings (SSSR count). The van der Waals surface area contributed by atoms with Crippen molar-refractivity contribution in [1.29, 1.82) is 0 Å². The summed E-state index contributed by atoms with van der Waals surface area (Å²) in [6.07, 6.45) is 0. The Morgan fingerprint density at radius 2 is 1.74 bits per heavy atom. The van der Waals surface area contributed by atoms with Gasteiger partial charge in [-0.15, -0.1) is 0 Å². The van der Waals surface area contributed by atoms with Gasteiger partial charge in [0.1, 0.15) is 5.82 Å². The summed E-state index contributed by atoms with van der Waals surface area (Å²) in [4.78, 5) is 4.53. The molecule has 0 saturated heterocycles. The quantitative estimate of drug-likeness (QED) is 0.602. The van der Waals surface area contributed by atoms with Gasteiger partial charge in [0.2, 0.25) is 0 Å². The van der Waals surface area contributed by atoms with E-state index < -0.39 is 0 Å². The van der Waals surface area contributed by atoms with Crippen LogP contribution < -0.4 is 0 Å².